The van der Waals surface area contributed by atoms with E-state index < -0.39 is 5.82 Å². The molecule has 36 heavy (non-hydrogen) atoms. The maximum atomic E-state index is 14.6. The second-order valence-corrected chi connectivity index (χ2v) is 8.86. The molecule has 4 aromatic rings. The zero-order valence-corrected chi connectivity index (χ0v) is 19.8. The number of hydrogen-bond acceptors (Lipinski definition) is 7. The van der Waals surface area contributed by atoms with E-state index in [2.05, 4.69) is 15.4 Å². The predicted molar refractivity (Wildman–Crippen MR) is 135 cm³/mol. The van der Waals surface area contributed by atoms with Crippen molar-refractivity contribution in [2.45, 2.75) is 25.4 Å². The number of aromatic nitrogens is 4. The highest BCUT2D eigenvalue weighted by atomic mass is 19.1. The van der Waals surface area contributed by atoms with E-state index >= 15 is 0 Å². The van der Waals surface area contributed by atoms with Gasteiger partial charge in [-0.05, 0) is 49.7 Å². The standard InChI is InChI=1S/C26H26FN7O2/c1-29-20-6-8-33(9-7-20)26-30-24(17-2-3-18(14-28)21(27)13-17)23(25(36)31-26)16-4-5-22-19(12-16)15-34(32-22)10-11-35/h2-5,12-13,15,20,29,35H,6-11H2,1H3,(H,30,31,36). The first-order valence-corrected chi connectivity index (χ1v) is 11.9. The molecular weight excluding hydrogens is 461 g/mol. The molecule has 5 rings (SSSR count). The van der Waals surface area contributed by atoms with Crippen molar-refractivity contribution < 1.29 is 9.50 Å². The Labute approximate surface area is 206 Å². The molecule has 3 N–H and O–H groups in total. The second-order valence-electron chi connectivity index (χ2n) is 8.86. The number of aliphatic hydroxyl groups is 1. The molecule has 184 valence electrons. The van der Waals surface area contributed by atoms with Crippen molar-refractivity contribution in [2.24, 2.45) is 0 Å². The molecule has 0 unspecified atom stereocenters. The van der Waals surface area contributed by atoms with Crippen molar-refractivity contribution in [3.8, 4) is 28.5 Å². The van der Waals surface area contributed by atoms with Gasteiger partial charge in [0.05, 0.1) is 35.5 Å². The number of nitrogens with one attached hydrogen (secondary N) is 2. The predicted octanol–water partition coefficient (Wildman–Crippen LogP) is 2.64. The maximum absolute atomic E-state index is 14.6. The third kappa shape index (κ3) is 4.46. The van der Waals surface area contributed by atoms with Gasteiger partial charge in [0.2, 0.25) is 5.95 Å². The fourth-order valence-corrected chi connectivity index (χ4v) is 4.67. The summed E-state index contributed by atoms with van der Waals surface area (Å²) >= 11 is 0. The van der Waals surface area contributed by atoms with Crippen molar-refractivity contribution in [2.75, 3.05) is 31.6 Å². The summed E-state index contributed by atoms with van der Waals surface area (Å²) in [5.74, 6) is -0.227. The molecule has 0 atom stereocenters. The lowest BCUT2D eigenvalue weighted by Crippen LogP contribution is -2.42. The van der Waals surface area contributed by atoms with Crippen LogP contribution in [0.3, 0.4) is 0 Å². The first-order chi connectivity index (χ1) is 17.5. The van der Waals surface area contributed by atoms with Crippen molar-refractivity contribution in [3.05, 3.63) is 64.3 Å². The number of anilines is 1. The minimum absolute atomic E-state index is 0.0358. The highest BCUT2D eigenvalue weighted by Crippen LogP contribution is 2.32. The zero-order valence-electron chi connectivity index (χ0n) is 19.8. The molecule has 0 radical (unpaired) electrons. The number of aromatic amines is 1. The van der Waals surface area contributed by atoms with Gasteiger partial charge in [-0.25, -0.2) is 9.37 Å². The first kappa shape index (κ1) is 23.7. The summed E-state index contributed by atoms with van der Waals surface area (Å²) in [6, 6.07) is 11.9. The maximum Gasteiger partial charge on any atom is 0.260 e. The number of fused-ring (bicyclic) bond motifs is 1. The average molecular weight is 488 g/mol. The van der Waals surface area contributed by atoms with E-state index in [4.69, 9.17) is 10.2 Å². The van der Waals surface area contributed by atoms with Crippen LogP contribution in [0.1, 0.15) is 18.4 Å². The van der Waals surface area contributed by atoms with Crippen LogP contribution in [0, 0.1) is 17.1 Å². The summed E-state index contributed by atoms with van der Waals surface area (Å²) in [5, 5.41) is 26.9. The second kappa shape index (κ2) is 9.89. The number of aliphatic hydroxyl groups excluding tert-OH is 1. The summed E-state index contributed by atoms with van der Waals surface area (Å²) in [4.78, 5) is 23.3. The molecule has 0 amide bonds. The Morgan fingerprint density at radius 2 is 2.00 bits per heavy atom. The van der Waals surface area contributed by atoms with Gasteiger partial charge >= 0.3 is 0 Å². The Balaban J connectivity index is 1.65. The van der Waals surface area contributed by atoms with E-state index in [9.17, 15) is 14.3 Å². The number of H-pyrrole nitrogens is 1. The monoisotopic (exact) mass is 487 g/mol. The van der Waals surface area contributed by atoms with Gasteiger partial charge in [-0.15, -0.1) is 0 Å². The SMILES string of the molecule is CNC1CCN(c2nc(-c3ccc(C#N)c(F)c3)c(-c3ccc4nn(CCO)cc4c3)c(=O)[nH]2)CC1. The van der Waals surface area contributed by atoms with Crippen molar-refractivity contribution in [1.82, 2.24) is 25.1 Å². The van der Waals surface area contributed by atoms with E-state index in [0.29, 0.717) is 40.9 Å². The van der Waals surface area contributed by atoms with E-state index in [0.717, 1.165) is 36.8 Å². The molecule has 9 nitrogen and oxygen atoms in total. The largest absolute Gasteiger partial charge is 0.394 e. The lowest BCUT2D eigenvalue weighted by Gasteiger charge is -2.32. The van der Waals surface area contributed by atoms with E-state index in [1.165, 1.54) is 12.1 Å². The van der Waals surface area contributed by atoms with Gasteiger partial charge in [-0.3, -0.25) is 14.5 Å². The van der Waals surface area contributed by atoms with Gasteiger partial charge in [-0.2, -0.15) is 10.4 Å². The summed E-state index contributed by atoms with van der Waals surface area (Å²) in [6.45, 7) is 1.78. The van der Waals surface area contributed by atoms with Crippen LogP contribution in [0.5, 0.6) is 0 Å². The molecule has 0 bridgehead atoms. The molecule has 0 aliphatic carbocycles. The number of hydrogen-bond donors (Lipinski definition) is 3. The smallest absolute Gasteiger partial charge is 0.260 e. The van der Waals surface area contributed by atoms with Gasteiger partial charge in [0.1, 0.15) is 11.9 Å². The third-order valence-electron chi connectivity index (χ3n) is 6.64. The number of benzene rings is 2. The number of nitrogens with zero attached hydrogens (tertiary/aromatic N) is 5. The number of piperidine rings is 1. The van der Waals surface area contributed by atoms with Gasteiger partial charge in [0, 0.05) is 36.3 Å². The van der Waals surface area contributed by atoms with Gasteiger partial charge < -0.3 is 15.3 Å². The first-order valence-electron chi connectivity index (χ1n) is 11.9. The van der Waals surface area contributed by atoms with Crippen LogP contribution >= 0.6 is 0 Å². The quantitative estimate of drug-likeness (QED) is 0.382. The Morgan fingerprint density at radius 1 is 1.22 bits per heavy atom. The van der Waals surface area contributed by atoms with E-state index in [1.807, 2.05) is 24.1 Å². The van der Waals surface area contributed by atoms with E-state index in [1.54, 1.807) is 29.1 Å². The number of rotatable bonds is 6. The molecule has 10 heteroatoms. The van der Waals surface area contributed by atoms with Crippen LogP contribution in [-0.4, -0.2) is 57.6 Å². The molecule has 2 aromatic carbocycles. The fraction of sp³-hybridized carbons (Fsp3) is 0.308. The van der Waals surface area contributed by atoms with Gasteiger partial charge in [0.25, 0.3) is 5.56 Å². The topological polar surface area (TPSA) is 123 Å². The van der Waals surface area contributed by atoms with Crippen LogP contribution in [0.15, 0.2) is 47.4 Å². The third-order valence-corrected chi connectivity index (χ3v) is 6.64. The van der Waals surface area contributed by atoms with Crippen molar-refractivity contribution in [3.63, 3.8) is 0 Å². The minimum Gasteiger partial charge on any atom is -0.394 e. The van der Waals surface area contributed by atoms with Gasteiger partial charge in [0.15, 0.2) is 0 Å². The molecule has 0 saturated carbocycles. The Bertz CT molecular complexity index is 1510. The molecule has 1 fully saturated rings. The Hall–Kier alpha value is -4.07. The lowest BCUT2D eigenvalue weighted by molar-refractivity contribution is 0.270. The molecule has 1 saturated heterocycles. The van der Waals surface area contributed by atoms with Crippen LogP contribution in [0.25, 0.3) is 33.3 Å². The average Bonchev–Trinajstić information content (AvgIpc) is 3.30. The Morgan fingerprint density at radius 3 is 2.69 bits per heavy atom. The van der Waals surface area contributed by atoms with E-state index in [-0.39, 0.29) is 17.7 Å². The van der Waals surface area contributed by atoms with Crippen LogP contribution < -0.4 is 15.8 Å². The summed E-state index contributed by atoms with van der Waals surface area (Å²) in [7, 11) is 1.94. The van der Waals surface area contributed by atoms with Crippen molar-refractivity contribution >= 4 is 16.9 Å². The molecule has 1 aliphatic heterocycles. The van der Waals surface area contributed by atoms with Crippen molar-refractivity contribution in [1.29, 1.82) is 5.26 Å². The molecule has 3 heterocycles. The molecule has 2 aromatic heterocycles. The number of nitriles is 1. The highest BCUT2D eigenvalue weighted by Gasteiger charge is 2.23. The minimum atomic E-state index is -0.667. The number of halogens is 1. The molecular formula is C26H26FN7O2. The van der Waals surface area contributed by atoms with Gasteiger partial charge in [-0.1, -0.05) is 12.1 Å². The summed E-state index contributed by atoms with van der Waals surface area (Å²) in [5.41, 5.74) is 2.00. The Kier molecular flexibility index (Phi) is 6.50. The molecule has 1 aliphatic rings. The van der Waals surface area contributed by atoms with Crippen LogP contribution in [0.2, 0.25) is 0 Å². The zero-order chi connectivity index (χ0) is 25.2. The fourth-order valence-electron chi connectivity index (χ4n) is 4.67. The van der Waals surface area contributed by atoms with Crippen LogP contribution in [0.4, 0.5) is 10.3 Å². The summed E-state index contributed by atoms with van der Waals surface area (Å²) < 4.78 is 16.3. The lowest BCUT2D eigenvalue weighted by atomic mass is 9.98. The highest BCUT2D eigenvalue weighted by molar-refractivity contribution is 5.88. The molecule has 0 spiro atoms. The normalized spacial score (nSPS) is 14.3. The van der Waals surface area contributed by atoms with Crippen LogP contribution in [-0.2, 0) is 6.54 Å². The summed E-state index contributed by atoms with van der Waals surface area (Å²) in [6.07, 6.45) is 3.63.